The summed E-state index contributed by atoms with van der Waals surface area (Å²) in [6, 6.07) is 0. The van der Waals surface area contributed by atoms with E-state index in [1.165, 1.54) is 5.56 Å². The van der Waals surface area contributed by atoms with Gasteiger partial charge in [0.1, 0.15) is 5.82 Å². The van der Waals surface area contributed by atoms with E-state index in [-0.39, 0.29) is 0 Å². The molecule has 0 radical (unpaired) electrons. The van der Waals surface area contributed by atoms with Crippen LogP contribution in [0, 0.1) is 20.8 Å². The maximum atomic E-state index is 4.97. The van der Waals surface area contributed by atoms with Gasteiger partial charge in [-0.15, -0.1) is 0 Å². The van der Waals surface area contributed by atoms with Crippen LogP contribution in [0.4, 0.5) is 0 Å². The second kappa shape index (κ2) is 6.55. The van der Waals surface area contributed by atoms with Gasteiger partial charge < -0.3 is 10.1 Å². The molecule has 0 saturated carbocycles. The van der Waals surface area contributed by atoms with Gasteiger partial charge in [0.05, 0.1) is 6.61 Å². The first-order chi connectivity index (χ1) is 7.65. The standard InChI is InChI=1S/C12H21N3O/c1-9-12(5-6-13-7-8-16-4)10(2)15-11(3)14-9/h13H,5-8H2,1-4H3. The molecule has 0 fully saturated rings. The minimum absolute atomic E-state index is 0.752. The molecule has 1 N–H and O–H groups in total. The molecule has 1 aromatic rings. The summed E-state index contributed by atoms with van der Waals surface area (Å²) in [5.41, 5.74) is 3.45. The Balaban J connectivity index is 2.47. The number of nitrogens with zero attached hydrogens (tertiary/aromatic N) is 2. The summed E-state index contributed by atoms with van der Waals surface area (Å²) in [4.78, 5) is 8.77. The van der Waals surface area contributed by atoms with Gasteiger partial charge in [0, 0.05) is 25.0 Å². The minimum atomic E-state index is 0.752. The van der Waals surface area contributed by atoms with Crippen molar-refractivity contribution in [2.45, 2.75) is 27.2 Å². The van der Waals surface area contributed by atoms with Crippen LogP contribution in [-0.2, 0) is 11.2 Å². The maximum Gasteiger partial charge on any atom is 0.125 e. The highest BCUT2D eigenvalue weighted by molar-refractivity contribution is 5.24. The van der Waals surface area contributed by atoms with Crippen molar-refractivity contribution in [3.8, 4) is 0 Å². The maximum absolute atomic E-state index is 4.97. The first kappa shape index (κ1) is 13.1. The molecule has 4 nitrogen and oxygen atoms in total. The lowest BCUT2D eigenvalue weighted by molar-refractivity contribution is 0.199. The van der Waals surface area contributed by atoms with Crippen molar-refractivity contribution in [1.82, 2.24) is 15.3 Å². The van der Waals surface area contributed by atoms with E-state index in [0.717, 1.165) is 43.3 Å². The molecule has 0 aliphatic heterocycles. The van der Waals surface area contributed by atoms with E-state index in [1.54, 1.807) is 7.11 Å². The molecule has 0 atom stereocenters. The molecule has 0 saturated heterocycles. The fourth-order valence-corrected chi connectivity index (χ4v) is 1.78. The first-order valence-electron chi connectivity index (χ1n) is 5.65. The van der Waals surface area contributed by atoms with Crippen molar-refractivity contribution in [3.63, 3.8) is 0 Å². The molecule has 1 rings (SSSR count). The van der Waals surface area contributed by atoms with Gasteiger partial charge in [-0.1, -0.05) is 0 Å². The third-order valence-electron chi connectivity index (χ3n) is 2.57. The summed E-state index contributed by atoms with van der Waals surface area (Å²) >= 11 is 0. The summed E-state index contributed by atoms with van der Waals surface area (Å²) in [7, 11) is 1.71. The van der Waals surface area contributed by atoms with Crippen molar-refractivity contribution in [2.75, 3.05) is 26.8 Å². The van der Waals surface area contributed by atoms with E-state index >= 15 is 0 Å². The molecule has 0 aliphatic carbocycles. The van der Waals surface area contributed by atoms with Crippen LogP contribution in [0.5, 0.6) is 0 Å². The van der Waals surface area contributed by atoms with Gasteiger partial charge in [-0.05, 0) is 39.3 Å². The highest BCUT2D eigenvalue weighted by Gasteiger charge is 2.05. The first-order valence-corrected chi connectivity index (χ1v) is 5.65. The second-order valence-corrected chi connectivity index (χ2v) is 3.91. The number of hydrogen-bond donors (Lipinski definition) is 1. The summed E-state index contributed by atoms with van der Waals surface area (Å²) in [6.45, 7) is 8.61. The van der Waals surface area contributed by atoms with Crippen LogP contribution in [0.25, 0.3) is 0 Å². The van der Waals surface area contributed by atoms with Crippen LogP contribution in [-0.4, -0.2) is 36.8 Å². The zero-order valence-electron chi connectivity index (χ0n) is 10.6. The van der Waals surface area contributed by atoms with E-state index in [4.69, 9.17) is 4.74 Å². The van der Waals surface area contributed by atoms with E-state index < -0.39 is 0 Å². The van der Waals surface area contributed by atoms with Crippen molar-refractivity contribution in [3.05, 3.63) is 22.8 Å². The average Bonchev–Trinajstić information content (AvgIpc) is 2.20. The normalized spacial score (nSPS) is 10.8. The van der Waals surface area contributed by atoms with Gasteiger partial charge in [0.2, 0.25) is 0 Å². The van der Waals surface area contributed by atoms with Gasteiger partial charge in [0.15, 0.2) is 0 Å². The summed E-state index contributed by atoms with van der Waals surface area (Å²) in [5.74, 6) is 0.853. The molecule has 0 aliphatic rings. The summed E-state index contributed by atoms with van der Waals surface area (Å²) in [5, 5.41) is 3.32. The Bertz CT molecular complexity index is 316. The van der Waals surface area contributed by atoms with Crippen molar-refractivity contribution in [1.29, 1.82) is 0 Å². The highest BCUT2D eigenvalue weighted by atomic mass is 16.5. The number of methoxy groups -OCH3 is 1. The molecule has 90 valence electrons. The number of ether oxygens (including phenoxy) is 1. The topological polar surface area (TPSA) is 47.0 Å². The molecule has 4 heteroatoms. The van der Waals surface area contributed by atoms with Crippen molar-refractivity contribution >= 4 is 0 Å². The van der Waals surface area contributed by atoms with Crippen molar-refractivity contribution < 1.29 is 4.74 Å². The Hall–Kier alpha value is -1.00. The molecule has 0 aromatic carbocycles. The van der Waals surface area contributed by atoms with Gasteiger partial charge in [-0.3, -0.25) is 0 Å². The summed E-state index contributed by atoms with van der Waals surface area (Å²) in [6.07, 6.45) is 0.974. The minimum Gasteiger partial charge on any atom is -0.383 e. The fourth-order valence-electron chi connectivity index (χ4n) is 1.78. The third kappa shape index (κ3) is 3.87. The zero-order valence-corrected chi connectivity index (χ0v) is 10.6. The predicted molar refractivity (Wildman–Crippen MR) is 64.7 cm³/mol. The Morgan fingerprint density at radius 2 is 1.69 bits per heavy atom. The highest BCUT2D eigenvalue weighted by Crippen LogP contribution is 2.09. The molecule has 16 heavy (non-hydrogen) atoms. The zero-order chi connectivity index (χ0) is 12.0. The molecular formula is C12H21N3O. The molecule has 1 heterocycles. The van der Waals surface area contributed by atoms with Gasteiger partial charge in [-0.25, -0.2) is 9.97 Å². The van der Waals surface area contributed by atoms with Crippen LogP contribution in [0.15, 0.2) is 0 Å². The fraction of sp³-hybridized carbons (Fsp3) is 0.667. The van der Waals surface area contributed by atoms with Crippen molar-refractivity contribution in [2.24, 2.45) is 0 Å². The van der Waals surface area contributed by atoms with E-state index in [0.29, 0.717) is 0 Å². The van der Waals surface area contributed by atoms with Crippen LogP contribution in [0.1, 0.15) is 22.8 Å². The van der Waals surface area contributed by atoms with Gasteiger partial charge in [-0.2, -0.15) is 0 Å². The van der Waals surface area contributed by atoms with E-state index in [9.17, 15) is 0 Å². The van der Waals surface area contributed by atoms with Gasteiger partial charge >= 0.3 is 0 Å². The quantitative estimate of drug-likeness (QED) is 0.736. The number of aromatic nitrogens is 2. The SMILES string of the molecule is COCCNCCc1c(C)nc(C)nc1C. The average molecular weight is 223 g/mol. The van der Waals surface area contributed by atoms with E-state index in [2.05, 4.69) is 15.3 Å². The molecule has 0 bridgehead atoms. The largest absolute Gasteiger partial charge is 0.383 e. The van der Waals surface area contributed by atoms with Crippen LogP contribution >= 0.6 is 0 Å². The predicted octanol–water partition coefficient (Wildman–Crippen LogP) is 1.18. The van der Waals surface area contributed by atoms with Crippen LogP contribution < -0.4 is 5.32 Å². The third-order valence-corrected chi connectivity index (χ3v) is 2.57. The second-order valence-electron chi connectivity index (χ2n) is 3.91. The lowest BCUT2D eigenvalue weighted by Gasteiger charge is -2.10. The Labute approximate surface area is 97.5 Å². The summed E-state index contributed by atoms with van der Waals surface area (Å²) < 4.78 is 4.97. The lowest BCUT2D eigenvalue weighted by Crippen LogP contribution is -2.22. The number of aryl methyl sites for hydroxylation is 3. The molecule has 0 spiro atoms. The molecule has 0 amide bonds. The monoisotopic (exact) mass is 223 g/mol. The van der Waals surface area contributed by atoms with Gasteiger partial charge in [0.25, 0.3) is 0 Å². The van der Waals surface area contributed by atoms with E-state index in [1.807, 2.05) is 20.8 Å². The Kier molecular flexibility index (Phi) is 5.35. The molecule has 1 aromatic heterocycles. The molecule has 0 unspecified atom stereocenters. The Morgan fingerprint density at radius 3 is 2.25 bits per heavy atom. The number of rotatable bonds is 6. The Morgan fingerprint density at radius 1 is 1.06 bits per heavy atom. The number of hydrogen-bond acceptors (Lipinski definition) is 4. The number of nitrogens with one attached hydrogen (secondary N) is 1. The lowest BCUT2D eigenvalue weighted by atomic mass is 10.1. The van der Waals surface area contributed by atoms with Crippen LogP contribution in [0.2, 0.25) is 0 Å². The smallest absolute Gasteiger partial charge is 0.125 e. The molecular weight excluding hydrogens is 202 g/mol. The van der Waals surface area contributed by atoms with Crippen LogP contribution in [0.3, 0.4) is 0 Å².